The number of rotatable bonds is 6. The first-order valence-electron chi connectivity index (χ1n) is 9.17. The highest BCUT2D eigenvalue weighted by Gasteiger charge is 2.41. The van der Waals surface area contributed by atoms with E-state index in [9.17, 15) is 8.42 Å². The van der Waals surface area contributed by atoms with E-state index >= 15 is 0 Å². The standard InChI is InChI=1S/C21H27NO2S2/c1-17(2)20(22-13-15-25-16-14-22)21(18-9-5-3-6-10-18)26(23,24)19-11-7-4-8-12-19/h3-12,17,20-21H,13-16H2,1-2H3. The van der Waals surface area contributed by atoms with E-state index < -0.39 is 15.1 Å². The second kappa shape index (κ2) is 8.59. The van der Waals surface area contributed by atoms with Crippen LogP contribution in [-0.2, 0) is 9.84 Å². The van der Waals surface area contributed by atoms with Crippen molar-refractivity contribution >= 4 is 21.6 Å². The molecule has 2 aromatic carbocycles. The van der Waals surface area contributed by atoms with Crippen molar-refractivity contribution in [3.8, 4) is 0 Å². The van der Waals surface area contributed by atoms with Crippen LogP contribution in [-0.4, -0.2) is 44.0 Å². The third kappa shape index (κ3) is 4.16. The molecule has 0 N–H and O–H groups in total. The minimum Gasteiger partial charge on any atom is -0.297 e. The molecule has 1 heterocycles. The number of sulfone groups is 1. The van der Waals surface area contributed by atoms with Gasteiger partial charge in [0.2, 0.25) is 0 Å². The zero-order chi connectivity index (χ0) is 18.6. The Balaban J connectivity index is 2.11. The molecule has 26 heavy (non-hydrogen) atoms. The van der Waals surface area contributed by atoms with Gasteiger partial charge in [0.1, 0.15) is 5.25 Å². The average molecular weight is 390 g/mol. The van der Waals surface area contributed by atoms with E-state index in [1.165, 1.54) is 0 Å². The maximum Gasteiger partial charge on any atom is 0.186 e. The molecular formula is C21H27NO2S2. The van der Waals surface area contributed by atoms with E-state index in [1.807, 2.05) is 48.2 Å². The van der Waals surface area contributed by atoms with Crippen LogP contribution in [0.2, 0.25) is 0 Å². The smallest absolute Gasteiger partial charge is 0.186 e. The molecule has 2 aromatic rings. The largest absolute Gasteiger partial charge is 0.297 e. The number of benzene rings is 2. The Kier molecular flexibility index (Phi) is 6.43. The molecule has 0 amide bonds. The molecule has 3 rings (SSSR count). The molecule has 5 heteroatoms. The molecule has 1 fully saturated rings. The lowest BCUT2D eigenvalue weighted by Crippen LogP contribution is -2.49. The highest BCUT2D eigenvalue weighted by molar-refractivity contribution is 7.99. The van der Waals surface area contributed by atoms with Gasteiger partial charge in [-0.2, -0.15) is 11.8 Å². The Morgan fingerprint density at radius 2 is 1.42 bits per heavy atom. The minimum absolute atomic E-state index is 0.0384. The molecule has 2 atom stereocenters. The van der Waals surface area contributed by atoms with Gasteiger partial charge in [0, 0.05) is 30.6 Å². The summed E-state index contributed by atoms with van der Waals surface area (Å²) in [5, 5.41) is -0.561. The van der Waals surface area contributed by atoms with Crippen LogP contribution in [0.25, 0.3) is 0 Å². The minimum atomic E-state index is -3.50. The third-order valence-electron chi connectivity index (χ3n) is 4.99. The molecule has 0 aromatic heterocycles. The topological polar surface area (TPSA) is 37.4 Å². The molecule has 1 saturated heterocycles. The highest BCUT2D eigenvalue weighted by atomic mass is 32.2. The molecule has 0 spiro atoms. The molecule has 0 bridgehead atoms. The van der Waals surface area contributed by atoms with Crippen molar-refractivity contribution in [2.24, 2.45) is 5.92 Å². The maximum atomic E-state index is 13.7. The fourth-order valence-electron chi connectivity index (χ4n) is 3.80. The van der Waals surface area contributed by atoms with E-state index in [0.29, 0.717) is 4.90 Å². The SMILES string of the molecule is CC(C)C(C(c1ccccc1)S(=O)(=O)c1ccccc1)N1CCSCC1. The normalized spacial score (nSPS) is 18.6. The van der Waals surface area contributed by atoms with E-state index in [2.05, 4.69) is 18.7 Å². The Labute approximate surface area is 161 Å². The zero-order valence-corrected chi connectivity index (χ0v) is 17.0. The van der Waals surface area contributed by atoms with Crippen LogP contribution in [0.4, 0.5) is 0 Å². The summed E-state index contributed by atoms with van der Waals surface area (Å²) in [5.41, 5.74) is 0.883. The summed E-state index contributed by atoms with van der Waals surface area (Å²) in [6.07, 6.45) is 0. The molecule has 140 valence electrons. The molecule has 3 nitrogen and oxygen atoms in total. The lowest BCUT2D eigenvalue weighted by atomic mass is 9.94. The van der Waals surface area contributed by atoms with Gasteiger partial charge in [-0.15, -0.1) is 0 Å². The van der Waals surface area contributed by atoms with Gasteiger partial charge in [0.05, 0.1) is 4.90 Å². The highest BCUT2D eigenvalue weighted by Crippen LogP contribution is 2.38. The summed E-state index contributed by atoms with van der Waals surface area (Å²) >= 11 is 1.95. The van der Waals surface area contributed by atoms with Gasteiger partial charge in [0.25, 0.3) is 0 Å². The Hall–Kier alpha value is -1.30. The second-order valence-electron chi connectivity index (χ2n) is 7.07. The number of hydrogen-bond donors (Lipinski definition) is 0. The van der Waals surface area contributed by atoms with Crippen molar-refractivity contribution in [3.63, 3.8) is 0 Å². The molecule has 1 aliphatic heterocycles. The summed E-state index contributed by atoms with van der Waals surface area (Å²) in [6.45, 7) is 6.17. The van der Waals surface area contributed by atoms with E-state index in [4.69, 9.17) is 0 Å². The summed E-state index contributed by atoms with van der Waals surface area (Å²) in [6, 6.07) is 18.6. The number of nitrogens with zero attached hydrogens (tertiary/aromatic N) is 1. The van der Waals surface area contributed by atoms with Crippen LogP contribution < -0.4 is 0 Å². The van der Waals surface area contributed by atoms with Crippen molar-refractivity contribution in [2.75, 3.05) is 24.6 Å². The first kappa shape index (κ1) is 19.5. The van der Waals surface area contributed by atoms with Gasteiger partial charge < -0.3 is 0 Å². The van der Waals surface area contributed by atoms with Gasteiger partial charge in [-0.25, -0.2) is 8.42 Å². The summed E-state index contributed by atoms with van der Waals surface area (Å²) in [4.78, 5) is 2.80. The van der Waals surface area contributed by atoms with Crippen molar-refractivity contribution < 1.29 is 8.42 Å². The second-order valence-corrected chi connectivity index (χ2v) is 10.4. The van der Waals surface area contributed by atoms with Gasteiger partial charge >= 0.3 is 0 Å². The first-order chi connectivity index (χ1) is 12.5. The molecule has 0 aliphatic carbocycles. The lowest BCUT2D eigenvalue weighted by molar-refractivity contribution is 0.163. The molecule has 2 unspecified atom stereocenters. The Bertz CT molecular complexity index is 785. The maximum absolute atomic E-state index is 13.7. The summed E-state index contributed by atoms with van der Waals surface area (Å²) in [7, 11) is -3.50. The zero-order valence-electron chi connectivity index (χ0n) is 15.4. The summed E-state index contributed by atoms with van der Waals surface area (Å²) < 4.78 is 27.4. The number of thioether (sulfide) groups is 1. The Morgan fingerprint density at radius 3 is 1.96 bits per heavy atom. The van der Waals surface area contributed by atoms with Gasteiger partial charge in [-0.1, -0.05) is 62.4 Å². The van der Waals surface area contributed by atoms with Crippen molar-refractivity contribution in [1.82, 2.24) is 4.90 Å². The Morgan fingerprint density at radius 1 is 0.885 bits per heavy atom. The summed E-state index contributed by atoms with van der Waals surface area (Å²) in [5.74, 6) is 2.37. The monoisotopic (exact) mass is 389 g/mol. The van der Waals surface area contributed by atoms with Crippen molar-refractivity contribution in [1.29, 1.82) is 0 Å². The van der Waals surface area contributed by atoms with Crippen LogP contribution >= 0.6 is 11.8 Å². The van der Waals surface area contributed by atoms with E-state index in [1.54, 1.807) is 24.3 Å². The molecule has 0 saturated carbocycles. The first-order valence-corrected chi connectivity index (χ1v) is 11.9. The molecule has 1 aliphatic rings. The van der Waals surface area contributed by atoms with Gasteiger partial charge in [0.15, 0.2) is 9.84 Å². The van der Waals surface area contributed by atoms with Crippen LogP contribution in [0.15, 0.2) is 65.6 Å². The molecular weight excluding hydrogens is 362 g/mol. The fraction of sp³-hybridized carbons (Fsp3) is 0.429. The number of hydrogen-bond acceptors (Lipinski definition) is 4. The van der Waals surface area contributed by atoms with E-state index in [-0.39, 0.29) is 12.0 Å². The van der Waals surface area contributed by atoms with E-state index in [0.717, 1.165) is 30.2 Å². The van der Waals surface area contributed by atoms with Crippen LogP contribution in [0.1, 0.15) is 24.7 Å². The predicted molar refractivity (Wildman–Crippen MR) is 110 cm³/mol. The van der Waals surface area contributed by atoms with Gasteiger partial charge in [-0.05, 0) is 23.6 Å². The fourth-order valence-corrected chi connectivity index (χ4v) is 6.93. The quantitative estimate of drug-likeness (QED) is 0.739. The molecule has 0 radical (unpaired) electrons. The van der Waals surface area contributed by atoms with Crippen molar-refractivity contribution in [3.05, 3.63) is 66.2 Å². The lowest BCUT2D eigenvalue weighted by Gasteiger charge is -2.41. The van der Waals surface area contributed by atoms with Gasteiger partial charge in [-0.3, -0.25) is 4.90 Å². The van der Waals surface area contributed by atoms with Crippen LogP contribution in [0, 0.1) is 5.92 Å². The van der Waals surface area contributed by atoms with Crippen LogP contribution in [0.5, 0.6) is 0 Å². The van der Waals surface area contributed by atoms with Crippen LogP contribution in [0.3, 0.4) is 0 Å². The predicted octanol–water partition coefficient (Wildman–Crippen LogP) is 4.28. The van der Waals surface area contributed by atoms with Crippen molar-refractivity contribution in [2.45, 2.75) is 30.0 Å². The third-order valence-corrected chi connectivity index (χ3v) is 8.09. The average Bonchev–Trinajstić information content (AvgIpc) is 2.67.